The summed E-state index contributed by atoms with van der Waals surface area (Å²) >= 11 is 13.2. The molecule has 2 aromatic heterocycles. The molecule has 2 heterocycles. The molecule has 0 aliphatic carbocycles. The van der Waals surface area contributed by atoms with Crippen LogP contribution in [0.1, 0.15) is 5.56 Å². The number of thiophene rings is 1. The molecule has 32 heavy (non-hydrogen) atoms. The lowest BCUT2D eigenvalue weighted by molar-refractivity contribution is -0.116. The molecule has 4 aromatic rings. The van der Waals surface area contributed by atoms with Crippen molar-refractivity contribution in [2.75, 3.05) is 12.4 Å². The first-order chi connectivity index (χ1) is 15.4. The minimum atomic E-state index is -0.581. The normalized spacial score (nSPS) is 11.0. The van der Waals surface area contributed by atoms with E-state index in [0.29, 0.717) is 31.7 Å². The van der Waals surface area contributed by atoms with Crippen molar-refractivity contribution in [1.29, 1.82) is 0 Å². The molecule has 4 rings (SSSR count). The first-order valence-corrected chi connectivity index (χ1v) is 11.1. The summed E-state index contributed by atoms with van der Waals surface area (Å²) in [6, 6.07) is 13.4. The van der Waals surface area contributed by atoms with E-state index in [-0.39, 0.29) is 13.1 Å². The summed E-state index contributed by atoms with van der Waals surface area (Å²) in [7, 11) is 1.54. The van der Waals surface area contributed by atoms with Crippen LogP contribution in [-0.2, 0) is 17.9 Å². The quantitative estimate of drug-likeness (QED) is 0.439. The number of aromatic nitrogens is 2. The molecule has 0 fully saturated rings. The molecule has 0 saturated heterocycles. The molecule has 0 unspecified atom stereocenters. The van der Waals surface area contributed by atoms with Gasteiger partial charge in [-0.1, -0.05) is 35.3 Å². The summed E-state index contributed by atoms with van der Waals surface area (Å²) in [5.74, 6) is 0.164. The van der Waals surface area contributed by atoms with E-state index in [4.69, 9.17) is 27.9 Å². The van der Waals surface area contributed by atoms with Crippen LogP contribution < -0.4 is 21.3 Å². The zero-order chi connectivity index (χ0) is 22.8. The van der Waals surface area contributed by atoms with E-state index in [1.807, 2.05) is 0 Å². The molecule has 0 atom stereocenters. The molecule has 0 aliphatic heterocycles. The zero-order valence-electron chi connectivity index (χ0n) is 16.8. The number of anilines is 1. The predicted molar refractivity (Wildman–Crippen MR) is 128 cm³/mol. The van der Waals surface area contributed by atoms with Crippen LogP contribution in [-0.4, -0.2) is 22.2 Å². The smallest absolute Gasteiger partial charge is 0.332 e. The van der Waals surface area contributed by atoms with Crippen LogP contribution in [0.5, 0.6) is 5.75 Å². The van der Waals surface area contributed by atoms with Gasteiger partial charge in [0.05, 0.1) is 19.2 Å². The van der Waals surface area contributed by atoms with Gasteiger partial charge in [-0.2, -0.15) is 0 Å². The third-order valence-electron chi connectivity index (χ3n) is 4.76. The van der Waals surface area contributed by atoms with Gasteiger partial charge in [0.2, 0.25) is 5.91 Å². The fourth-order valence-corrected chi connectivity index (χ4v) is 4.72. The number of amides is 1. The van der Waals surface area contributed by atoms with E-state index in [2.05, 4.69) is 5.32 Å². The molecule has 1 N–H and O–H groups in total. The van der Waals surface area contributed by atoms with Gasteiger partial charge in [-0.15, -0.1) is 11.3 Å². The predicted octanol–water partition coefficient (Wildman–Crippen LogP) is 4.23. The summed E-state index contributed by atoms with van der Waals surface area (Å²) < 4.78 is 8.02. The Morgan fingerprint density at radius 1 is 1.06 bits per heavy atom. The van der Waals surface area contributed by atoms with Crippen molar-refractivity contribution < 1.29 is 9.53 Å². The van der Waals surface area contributed by atoms with Crippen molar-refractivity contribution in [3.8, 4) is 5.75 Å². The molecular weight excluding hydrogens is 473 g/mol. The van der Waals surface area contributed by atoms with Gasteiger partial charge in [-0.25, -0.2) is 4.79 Å². The molecular formula is C22H17Cl2N3O4S. The fraction of sp³-hybridized carbons (Fsp3) is 0.136. The Balaban J connectivity index is 1.71. The van der Waals surface area contributed by atoms with Gasteiger partial charge in [0.25, 0.3) is 5.56 Å². The van der Waals surface area contributed by atoms with E-state index in [1.54, 1.807) is 61.0 Å². The lowest BCUT2D eigenvalue weighted by Crippen LogP contribution is -2.41. The Bertz CT molecular complexity index is 1420. The monoisotopic (exact) mass is 489 g/mol. The molecule has 7 nitrogen and oxygen atoms in total. The van der Waals surface area contributed by atoms with Gasteiger partial charge in [0.1, 0.15) is 17.0 Å². The molecule has 0 spiro atoms. The topological polar surface area (TPSA) is 82.3 Å². The van der Waals surface area contributed by atoms with Crippen LogP contribution in [0.3, 0.4) is 0 Å². The van der Waals surface area contributed by atoms with Gasteiger partial charge in [0, 0.05) is 15.7 Å². The second kappa shape index (κ2) is 9.20. The summed E-state index contributed by atoms with van der Waals surface area (Å²) in [5, 5.41) is 5.15. The Hall–Kier alpha value is -3.07. The number of halogens is 2. The number of hydrogen-bond acceptors (Lipinski definition) is 5. The highest BCUT2D eigenvalue weighted by molar-refractivity contribution is 7.17. The SMILES string of the molecule is COc1cccc(Cn2c(=O)c3sccc3n(CC(=O)Nc3cc(Cl)cc(Cl)c3)c2=O)c1. The van der Waals surface area contributed by atoms with Crippen molar-refractivity contribution in [3.63, 3.8) is 0 Å². The van der Waals surface area contributed by atoms with E-state index in [1.165, 1.54) is 15.9 Å². The summed E-state index contributed by atoms with van der Waals surface area (Å²) in [6.45, 7) is -0.233. The highest BCUT2D eigenvalue weighted by atomic mass is 35.5. The van der Waals surface area contributed by atoms with Crippen LogP contribution in [0.2, 0.25) is 10.0 Å². The third-order valence-corrected chi connectivity index (χ3v) is 6.09. The van der Waals surface area contributed by atoms with Gasteiger partial charge in [-0.05, 0) is 47.3 Å². The highest BCUT2D eigenvalue weighted by Crippen LogP contribution is 2.23. The zero-order valence-corrected chi connectivity index (χ0v) is 19.1. The van der Waals surface area contributed by atoms with Gasteiger partial charge in [0.15, 0.2) is 0 Å². The molecule has 0 saturated carbocycles. The third kappa shape index (κ3) is 4.57. The standard InChI is InChI=1S/C22H17Cl2N3O4S/c1-31-17-4-2-3-13(7-17)11-27-21(29)20-18(5-6-32-20)26(22(27)30)12-19(28)25-16-9-14(23)8-15(24)10-16/h2-10H,11-12H2,1H3,(H,25,28). The second-order valence-corrected chi connectivity index (χ2v) is 8.74. The number of rotatable bonds is 6. The summed E-state index contributed by atoms with van der Waals surface area (Å²) in [5.41, 5.74) is 0.561. The maximum absolute atomic E-state index is 13.2. The molecule has 10 heteroatoms. The van der Waals surface area contributed by atoms with Crippen molar-refractivity contribution in [3.05, 3.63) is 90.4 Å². The average molecular weight is 490 g/mol. The van der Waals surface area contributed by atoms with Crippen LogP contribution in [0, 0.1) is 0 Å². The molecule has 1 amide bonds. The number of ether oxygens (including phenoxy) is 1. The number of nitrogens with zero attached hydrogens (tertiary/aromatic N) is 2. The number of hydrogen-bond donors (Lipinski definition) is 1. The Kier molecular flexibility index (Phi) is 6.36. The van der Waals surface area contributed by atoms with Gasteiger partial charge < -0.3 is 10.1 Å². The number of carbonyl (C=O) groups excluding carboxylic acids is 1. The van der Waals surface area contributed by atoms with E-state index in [9.17, 15) is 14.4 Å². The van der Waals surface area contributed by atoms with Gasteiger partial charge >= 0.3 is 5.69 Å². The summed E-state index contributed by atoms with van der Waals surface area (Å²) in [6.07, 6.45) is 0. The fourth-order valence-electron chi connectivity index (χ4n) is 3.35. The maximum Gasteiger partial charge on any atom is 0.332 e. The molecule has 0 bridgehead atoms. The second-order valence-electron chi connectivity index (χ2n) is 6.95. The first-order valence-electron chi connectivity index (χ1n) is 9.45. The van der Waals surface area contributed by atoms with E-state index < -0.39 is 17.2 Å². The number of benzene rings is 2. The number of fused-ring (bicyclic) bond motifs is 1. The van der Waals surface area contributed by atoms with Crippen molar-refractivity contribution >= 4 is 56.3 Å². The minimum Gasteiger partial charge on any atom is -0.497 e. The van der Waals surface area contributed by atoms with Crippen LogP contribution in [0.4, 0.5) is 5.69 Å². The van der Waals surface area contributed by atoms with Crippen LogP contribution in [0.15, 0.2) is 63.5 Å². The number of nitrogens with one attached hydrogen (secondary N) is 1. The van der Waals surface area contributed by atoms with Gasteiger partial charge in [-0.3, -0.25) is 18.7 Å². The van der Waals surface area contributed by atoms with Crippen LogP contribution >= 0.6 is 34.5 Å². The van der Waals surface area contributed by atoms with Crippen molar-refractivity contribution in [2.24, 2.45) is 0 Å². The minimum absolute atomic E-state index is 0.0498. The molecule has 164 valence electrons. The molecule has 2 aromatic carbocycles. The Morgan fingerprint density at radius 3 is 2.53 bits per heavy atom. The highest BCUT2D eigenvalue weighted by Gasteiger charge is 2.17. The number of carbonyl (C=O) groups is 1. The average Bonchev–Trinajstić information content (AvgIpc) is 3.23. The largest absolute Gasteiger partial charge is 0.497 e. The maximum atomic E-state index is 13.2. The Labute approximate surface area is 196 Å². The molecule has 0 radical (unpaired) electrons. The van der Waals surface area contributed by atoms with E-state index in [0.717, 1.165) is 10.1 Å². The number of methoxy groups -OCH3 is 1. The van der Waals surface area contributed by atoms with E-state index >= 15 is 0 Å². The Morgan fingerprint density at radius 2 is 1.81 bits per heavy atom. The summed E-state index contributed by atoms with van der Waals surface area (Å²) in [4.78, 5) is 38.9. The molecule has 0 aliphatic rings. The van der Waals surface area contributed by atoms with Crippen molar-refractivity contribution in [2.45, 2.75) is 13.1 Å². The lowest BCUT2D eigenvalue weighted by Gasteiger charge is -2.13. The lowest BCUT2D eigenvalue weighted by atomic mass is 10.2. The van der Waals surface area contributed by atoms with Crippen molar-refractivity contribution in [1.82, 2.24) is 9.13 Å². The first kappa shape index (κ1) is 22.1. The van der Waals surface area contributed by atoms with Crippen LogP contribution in [0.25, 0.3) is 10.2 Å².